The molecule has 1 aliphatic rings. The smallest absolute Gasteiger partial charge is 0.274 e. The van der Waals surface area contributed by atoms with E-state index < -0.39 is 0 Å². The summed E-state index contributed by atoms with van der Waals surface area (Å²) < 4.78 is 0. The van der Waals surface area contributed by atoms with Gasteiger partial charge in [-0.1, -0.05) is 24.3 Å². The van der Waals surface area contributed by atoms with Crippen molar-refractivity contribution in [1.29, 1.82) is 0 Å². The molecule has 2 heterocycles. The third kappa shape index (κ3) is 4.30. The Morgan fingerprint density at radius 1 is 1.08 bits per heavy atom. The van der Waals surface area contributed by atoms with Crippen LogP contribution in [0.3, 0.4) is 0 Å². The third-order valence-electron chi connectivity index (χ3n) is 4.18. The average molecular weight is 347 g/mol. The Hall–Kier alpha value is -1.98. The largest absolute Gasteiger partial charge is 0.337 e. The SMILES string of the molecule is Cl.NCCc1ccc(-c2cncc(C(=O)N3CCCCC3)n2)cc1. The predicted molar refractivity (Wildman–Crippen MR) is 97.2 cm³/mol. The molecule has 1 aliphatic heterocycles. The minimum absolute atomic E-state index is 0. The summed E-state index contributed by atoms with van der Waals surface area (Å²) in [7, 11) is 0. The van der Waals surface area contributed by atoms with E-state index in [1.807, 2.05) is 29.2 Å². The highest BCUT2D eigenvalue weighted by molar-refractivity contribution is 5.92. The molecule has 2 aromatic rings. The Labute approximate surface area is 148 Å². The van der Waals surface area contributed by atoms with Crippen molar-refractivity contribution in [2.75, 3.05) is 19.6 Å². The number of aromatic nitrogens is 2. The number of nitrogens with two attached hydrogens (primary N) is 1. The number of carbonyl (C=O) groups is 1. The van der Waals surface area contributed by atoms with Crippen LogP contribution in [0.1, 0.15) is 35.3 Å². The van der Waals surface area contributed by atoms with Gasteiger partial charge in [0, 0.05) is 18.7 Å². The molecule has 6 heteroatoms. The van der Waals surface area contributed by atoms with Crippen molar-refractivity contribution in [3.8, 4) is 11.3 Å². The Morgan fingerprint density at radius 3 is 2.46 bits per heavy atom. The highest BCUT2D eigenvalue weighted by Crippen LogP contribution is 2.18. The molecule has 0 saturated carbocycles. The molecule has 1 aromatic carbocycles. The molecule has 0 atom stereocenters. The van der Waals surface area contributed by atoms with E-state index in [0.717, 1.165) is 43.6 Å². The predicted octanol–water partition coefficient (Wildman–Crippen LogP) is 2.69. The first-order valence-corrected chi connectivity index (χ1v) is 8.18. The van der Waals surface area contributed by atoms with Gasteiger partial charge in [0.25, 0.3) is 5.91 Å². The number of piperidine rings is 1. The van der Waals surface area contributed by atoms with E-state index in [9.17, 15) is 4.79 Å². The van der Waals surface area contributed by atoms with Crippen LogP contribution < -0.4 is 5.73 Å². The highest BCUT2D eigenvalue weighted by atomic mass is 35.5. The molecule has 24 heavy (non-hydrogen) atoms. The van der Waals surface area contributed by atoms with Crippen molar-refractivity contribution in [1.82, 2.24) is 14.9 Å². The van der Waals surface area contributed by atoms with Gasteiger partial charge in [-0.15, -0.1) is 12.4 Å². The van der Waals surface area contributed by atoms with Gasteiger partial charge in [-0.2, -0.15) is 0 Å². The van der Waals surface area contributed by atoms with Gasteiger partial charge in [-0.05, 0) is 37.8 Å². The molecular formula is C18H23ClN4O. The first-order chi connectivity index (χ1) is 11.3. The molecule has 5 nitrogen and oxygen atoms in total. The molecule has 2 N–H and O–H groups in total. The summed E-state index contributed by atoms with van der Waals surface area (Å²) >= 11 is 0. The van der Waals surface area contributed by atoms with Crippen molar-refractivity contribution < 1.29 is 4.79 Å². The highest BCUT2D eigenvalue weighted by Gasteiger charge is 2.20. The standard InChI is InChI=1S/C18H22N4O.ClH/c19-9-8-14-4-6-15(7-5-14)16-12-20-13-17(21-16)18(23)22-10-2-1-3-11-22;/h4-7,12-13H,1-3,8-11,19H2;1H. The van der Waals surface area contributed by atoms with Crippen LogP contribution >= 0.6 is 12.4 Å². The van der Waals surface area contributed by atoms with Crippen LogP contribution in [0.25, 0.3) is 11.3 Å². The fraction of sp³-hybridized carbons (Fsp3) is 0.389. The maximum Gasteiger partial charge on any atom is 0.274 e. The Balaban J connectivity index is 0.00000208. The van der Waals surface area contributed by atoms with Gasteiger partial charge in [0.1, 0.15) is 5.69 Å². The zero-order chi connectivity index (χ0) is 16.1. The number of nitrogens with zero attached hydrogens (tertiary/aromatic N) is 3. The number of carbonyl (C=O) groups excluding carboxylic acids is 1. The number of halogens is 1. The van der Waals surface area contributed by atoms with Crippen LogP contribution in [-0.2, 0) is 6.42 Å². The fourth-order valence-electron chi connectivity index (χ4n) is 2.88. The van der Waals surface area contributed by atoms with Crippen molar-refractivity contribution in [2.45, 2.75) is 25.7 Å². The third-order valence-corrected chi connectivity index (χ3v) is 4.18. The minimum Gasteiger partial charge on any atom is -0.337 e. The van der Waals surface area contributed by atoms with Gasteiger partial charge >= 0.3 is 0 Å². The van der Waals surface area contributed by atoms with Gasteiger partial charge in [0.15, 0.2) is 0 Å². The molecule has 3 rings (SSSR count). The Bertz CT molecular complexity index is 669. The summed E-state index contributed by atoms with van der Waals surface area (Å²) in [4.78, 5) is 23.1. The van der Waals surface area contributed by atoms with Gasteiger partial charge < -0.3 is 10.6 Å². The number of rotatable bonds is 4. The molecule has 0 bridgehead atoms. The maximum absolute atomic E-state index is 12.5. The van der Waals surface area contributed by atoms with Crippen LogP contribution in [0.5, 0.6) is 0 Å². The Kier molecular flexibility index (Phi) is 6.70. The fourth-order valence-corrected chi connectivity index (χ4v) is 2.88. The lowest BCUT2D eigenvalue weighted by molar-refractivity contribution is 0.0718. The van der Waals surface area contributed by atoms with Crippen molar-refractivity contribution in [2.24, 2.45) is 5.73 Å². The van der Waals surface area contributed by atoms with Crippen molar-refractivity contribution in [3.63, 3.8) is 0 Å². The summed E-state index contributed by atoms with van der Waals surface area (Å²) in [6.07, 6.45) is 7.46. The number of amides is 1. The zero-order valence-electron chi connectivity index (χ0n) is 13.6. The summed E-state index contributed by atoms with van der Waals surface area (Å²) in [5.74, 6) is -0.0150. The first kappa shape index (κ1) is 18.4. The quantitative estimate of drug-likeness (QED) is 0.923. The molecule has 1 fully saturated rings. The summed E-state index contributed by atoms with van der Waals surface area (Å²) in [6, 6.07) is 8.10. The number of benzene rings is 1. The van der Waals surface area contributed by atoms with E-state index in [1.54, 1.807) is 12.4 Å². The normalized spacial score (nSPS) is 14.1. The number of hydrogen-bond donors (Lipinski definition) is 1. The van der Waals surface area contributed by atoms with E-state index in [1.165, 1.54) is 12.0 Å². The van der Waals surface area contributed by atoms with E-state index in [0.29, 0.717) is 12.2 Å². The lowest BCUT2D eigenvalue weighted by atomic mass is 10.1. The number of hydrogen-bond acceptors (Lipinski definition) is 4. The topological polar surface area (TPSA) is 72.1 Å². The molecule has 1 aromatic heterocycles. The van der Waals surface area contributed by atoms with Gasteiger partial charge in [0.2, 0.25) is 0 Å². The molecule has 0 radical (unpaired) electrons. The van der Waals surface area contributed by atoms with E-state index >= 15 is 0 Å². The molecular weight excluding hydrogens is 324 g/mol. The van der Waals surface area contributed by atoms with E-state index in [-0.39, 0.29) is 18.3 Å². The van der Waals surface area contributed by atoms with Gasteiger partial charge in [-0.3, -0.25) is 9.78 Å². The molecule has 0 aliphatic carbocycles. The summed E-state index contributed by atoms with van der Waals surface area (Å²) in [5.41, 5.74) is 8.89. The van der Waals surface area contributed by atoms with Crippen LogP contribution in [0.15, 0.2) is 36.7 Å². The van der Waals surface area contributed by atoms with Crippen molar-refractivity contribution >= 4 is 18.3 Å². The molecule has 1 saturated heterocycles. The molecule has 0 unspecified atom stereocenters. The molecule has 1 amide bonds. The lowest BCUT2D eigenvalue weighted by Crippen LogP contribution is -2.36. The second-order valence-corrected chi connectivity index (χ2v) is 5.88. The van der Waals surface area contributed by atoms with Crippen LogP contribution in [0, 0.1) is 0 Å². The van der Waals surface area contributed by atoms with E-state index in [2.05, 4.69) is 9.97 Å². The van der Waals surface area contributed by atoms with Crippen LogP contribution in [-0.4, -0.2) is 40.4 Å². The summed E-state index contributed by atoms with van der Waals surface area (Å²) in [5, 5.41) is 0. The molecule has 0 spiro atoms. The van der Waals surface area contributed by atoms with Gasteiger partial charge in [-0.25, -0.2) is 4.98 Å². The maximum atomic E-state index is 12.5. The molecule has 128 valence electrons. The Morgan fingerprint density at radius 2 is 1.79 bits per heavy atom. The second-order valence-electron chi connectivity index (χ2n) is 5.88. The summed E-state index contributed by atoms with van der Waals surface area (Å²) in [6.45, 7) is 2.27. The van der Waals surface area contributed by atoms with Crippen LogP contribution in [0.2, 0.25) is 0 Å². The van der Waals surface area contributed by atoms with E-state index in [4.69, 9.17) is 5.73 Å². The van der Waals surface area contributed by atoms with Gasteiger partial charge in [0.05, 0.1) is 18.1 Å². The van der Waals surface area contributed by atoms with Crippen LogP contribution in [0.4, 0.5) is 0 Å². The first-order valence-electron chi connectivity index (χ1n) is 8.18. The minimum atomic E-state index is -0.0150. The lowest BCUT2D eigenvalue weighted by Gasteiger charge is -2.26. The number of likely N-dealkylation sites (tertiary alicyclic amines) is 1. The average Bonchev–Trinajstić information content (AvgIpc) is 2.63. The monoisotopic (exact) mass is 346 g/mol. The second kappa shape index (κ2) is 8.76. The van der Waals surface area contributed by atoms with Crippen molar-refractivity contribution in [3.05, 3.63) is 47.9 Å². The zero-order valence-corrected chi connectivity index (χ0v) is 14.5.